The van der Waals surface area contributed by atoms with E-state index in [4.69, 9.17) is 4.74 Å². The van der Waals surface area contributed by atoms with Crippen molar-refractivity contribution in [1.29, 1.82) is 0 Å². The summed E-state index contributed by atoms with van der Waals surface area (Å²) in [4.78, 5) is 0. The van der Waals surface area contributed by atoms with Crippen LogP contribution in [0, 0.1) is 0 Å². The standard InChI is InChI=1S/C15H25NO3S/c1-5-9-16-15(12(2)20(4,17)18)11-13-7-6-8-14(10-13)19-3/h6-8,10,12,15-16H,5,9,11H2,1-4H3. The molecule has 0 amide bonds. The van der Waals surface area contributed by atoms with Crippen LogP contribution in [0.5, 0.6) is 5.75 Å². The van der Waals surface area contributed by atoms with Crippen LogP contribution in [0.15, 0.2) is 24.3 Å². The summed E-state index contributed by atoms with van der Waals surface area (Å²) in [6.07, 6.45) is 2.94. The van der Waals surface area contributed by atoms with Gasteiger partial charge in [-0.1, -0.05) is 19.1 Å². The lowest BCUT2D eigenvalue weighted by Crippen LogP contribution is -2.44. The van der Waals surface area contributed by atoms with Crippen LogP contribution in [0.3, 0.4) is 0 Å². The van der Waals surface area contributed by atoms with Crippen LogP contribution in [0.25, 0.3) is 0 Å². The maximum absolute atomic E-state index is 11.8. The van der Waals surface area contributed by atoms with E-state index in [1.165, 1.54) is 6.26 Å². The number of ether oxygens (including phenoxy) is 1. The van der Waals surface area contributed by atoms with Gasteiger partial charge in [0.25, 0.3) is 0 Å². The maximum Gasteiger partial charge on any atom is 0.151 e. The van der Waals surface area contributed by atoms with Crippen molar-refractivity contribution in [2.45, 2.75) is 38.0 Å². The van der Waals surface area contributed by atoms with Gasteiger partial charge in [-0.05, 0) is 44.0 Å². The topological polar surface area (TPSA) is 55.4 Å². The fraction of sp³-hybridized carbons (Fsp3) is 0.600. The first-order chi connectivity index (χ1) is 9.38. The van der Waals surface area contributed by atoms with Crippen LogP contribution in [0.2, 0.25) is 0 Å². The minimum Gasteiger partial charge on any atom is -0.497 e. The molecule has 0 heterocycles. The molecule has 0 spiro atoms. The Morgan fingerprint density at radius 3 is 2.60 bits per heavy atom. The highest BCUT2D eigenvalue weighted by molar-refractivity contribution is 7.91. The van der Waals surface area contributed by atoms with Crippen molar-refractivity contribution in [3.63, 3.8) is 0 Å². The first kappa shape index (κ1) is 17.0. The molecule has 0 saturated heterocycles. The molecule has 2 unspecified atom stereocenters. The summed E-state index contributed by atoms with van der Waals surface area (Å²) in [5.41, 5.74) is 1.08. The van der Waals surface area contributed by atoms with Crippen LogP contribution < -0.4 is 10.1 Å². The van der Waals surface area contributed by atoms with Crippen molar-refractivity contribution in [1.82, 2.24) is 5.32 Å². The molecule has 1 N–H and O–H groups in total. The molecule has 0 aliphatic rings. The van der Waals surface area contributed by atoms with Gasteiger partial charge in [0.05, 0.1) is 12.4 Å². The lowest BCUT2D eigenvalue weighted by Gasteiger charge is -2.24. The largest absolute Gasteiger partial charge is 0.497 e. The number of nitrogens with one attached hydrogen (secondary N) is 1. The Labute approximate surface area is 122 Å². The summed E-state index contributed by atoms with van der Waals surface area (Å²) in [6.45, 7) is 4.65. The maximum atomic E-state index is 11.8. The highest BCUT2D eigenvalue weighted by Gasteiger charge is 2.25. The van der Waals surface area contributed by atoms with Crippen molar-refractivity contribution >= 4 is 9.84 Å². The molecule has 2 atom stereocenters. The van der Waals surface area contributed by atoms with Gasteiger partial charge in [0.1, 0.15) is 5.75 Å². The summed E-state index contributed by atoms with van der Waals surface area (Å²) < 4.78 is 28.8. The van der Waals surface area contributed by atoms with Crippen LogP contribution in [-0.2, 0) is 16.3 Å². The zero-order valence-corrected chi connectivity index (χ0v) is 13.5. The summed E-state index contributed by atoms with van der Waals surface area (Å²) in [7, 11) is -1.43. The smallest absolute Gasteiger partial charge is 0.151 e. The molecule has 0 bridgehead atoms. The minimum atomic E-state index is -3.06. The Morgan fingerprint density at radius 1 is 1.35 bits per heavy atom. The molecule has 0 saturated carbocycles. The molecule has 1 aromatic rings. The Morgan fingerprint density at radius 2 is 2.05 bits per heavy atom. The number of methoxy groups -OCH3 is 1. The molecule has 1 rings (SSSR count). The first-order valence-electron chi connectivity index (χ1n) is 6.93. The number of benzene rings is 1. The van der Waals surface area contributed by atoms with Crippen LogP contribution >= 0.6 is 0 Å². The molecule has 20 heavy (non-hydrogen) atoms. The van der Waals surface area contributed by atoms with Gasteiger partial charge in [-0.15, -0.1) is 0 Å². The monoisotopic (exact) mass is 299 g/mol. The third-order valence-corrected chi connectivity index (χ3v) is 5.17. The number of rotatable bonds is 8. The van der Waals surface area contributed by atoms with E-state index in [-0.39, 0.29) is 6.04 Å². The fourth-order valence-electron chi connectivity index (χ4n) is 2.09. The van der Waals surface area contributed by atoms with E-state index in [0.29, 0.717) is 6.42 Å². The predicted octanol–water partition coefficient (Wildman–Crippen LogP) is 2.04. The average Bonchev–Trinajstić information content (AvgIpc) is 2.41. The lowest BCUT2D eigenvalue weighted by atomic mass is 10.0. The van der Waals surface area contributed by atoms with Gasteiger partial charge in [-0.2, -0.15) is 0 Å². The molecule has 0 aliphatic heterocycles. The van der Waals surface area contributed by atoms with Crippen LogP contribution in [0.1, 0.15) is 25.8 Å². The third kappa shape index (κ3) is 5.13. The van der Waals surface area contributed by atoms with Crippen LogP contribution in [0.4, 0.5) is 0 Å². The van der Waals surface area contributed by atoms with E-state index < -0.39 is 15.1 Å². The van der Waals surface area contributed by atoms with Gasteiger partial charge in [-0.3, -0.25) is 0 Å². The molecule has 4 nitrogen and oxygen atoms in total. The van der Waals surface area contributed by atoms with Gasteiger partial charge in [0.15, 0.2) is 9.84 Å². The Bertz CT molecular complexity index is 514. The van der Waals surface area contributed by atoms with Gasteiger partial charge >= 0.3 is 0 Å². The summed E-state index contributed by atoms with van der Waals surface area (Å²) in [6, 6.07) is 7.68. The van der Waals surface area contributed by atoms with Gasteiger partial charge < -0.3 is 10.1 Å². The zero-order chi connectivity index (χ0) is 15.2. The zero-order valence-electron chi connectivity index (χ0n) is 12.7. The molecule has 0 fully saturated rings. The summed E-state index contributed by atoms with van der Waals surface area (Å²) in [5, 5.41) is 2.93. The van der Waals surface area contributed by atoms with E-state index in [2.05, 4.69) is 12.2 Å². The molecule has 1 aromatic carbocycles. The second kappa shape index (κ2) is 7.64. The molecule has 114 valence electrons. The molecule has 5 heteroatoms. The second-order valence-electron chi connectivity index (χ2n) is 5.15. The second-order valence-corrected chi connectivity index (χ2v) is 7.55. The van der Waals surface area contributed by atoms with E-state index in [0.717, 1.165) is 24.3 Å². The summed E-state index contributed by atoms with van der Waals surface area (Å²) in [5.74, 6) is 0.795. The summed E-state index contributed by atoms with van der Waals surface area (Å²) >= 11 is 0. The van der Waals surface area contributed by atoms with E-state index in [1.54, 1.807) is 14.0 Å². The first-order valence-corrected chi connectivity index (χ1v) is 8.89. The van der Waals surface area contributed by atoms with E-state index in [9.17, 15) is 8.42 Å². The molecule has 0 radical (unpaired) electrons. The number of hydrogen-bond acceptors (Lipinski definition) is 4. The Balaban J connectivity index is 2.88. The predicted molar refractivity (Wildman–Crippen MR) is 83.1 cm³/mol. The van der Waals surface area contributed by atoms with Crippen LogP contribution in [-0.4, -0.2) is 39.6 Å². The Kier molecular flexibility index (Phi) is 6.49. The van der Waals surface area contributed by atoms with E-state index in [1.807, 2.05) is 24.3 Å². The molecular formula is C15H25NO3S. The highest BCUT2D eigenvalue weighted by Crippen LogP contribution is 2.16. The average molecular weight is 299 g/mol. The molecule has 0 aromatic heterocycles. The number of sulfone groups is 1. The van der Waals surface area contributed by atoms with Crippen molar-refractivity contribution in [2.24, 2.45) is 0 Å². The van der Waals surface area contributed by atoms with Gasteiger partial charge in [0.2, 0.25) is 0 Å². The van der Waals surface area contributed by atoms with Crippen molar-refractivity contribution in [3.8, 4) is 5.75 Å². The quantitative estimate of drug-likeness (QED) is 0.798. The van der Waals surface area contributed by atoms with Crippen molar-refractivity contribution in [2.75, 3.05) is 19.9 Å². The molecular weight excluding hydrogens is 274 g/mol. The lowest BCUT2D eigenvalue weighted by molar-refractivity contribution is 0.413. The number of hydrogen-bond donors (Lipinski definition) is 1. The van der Waals surface area contributed by atoms with Gasteiger partial charge in [0, 0.05) is 12.3 Å². The normalized spacial score (nSPS) is 14.8. The third-order valence-electron chi connectivity index (χ3n) is 3.49. The minimum absolute atomic E-state index is 0.0861. The Hall–Kier alpha value is -1.07. The fourth-order valence-corrected chi connectivity index (χ4v) is 2.87. The SMILES string of the molecule is CCCNC(Cc1cccc(OC)c1)C(C)S(C)(=O)=O. The van der Waals surface area contributed by atoms with Crippen molar-refractivity contribution < 1.29 is 13.2 Å². The van der Waals surface area contributed by atoms with Gasteiger partial charge in [-0.25, -0.2) is 8.42 Å². The molecule has 0 aliphatic carbocycles. The highest BCUT2D eigenvalue weighted by atomic mass is 32.2. The van der Waals surface area contributed by atoms with E-state index >= 15 is 0 Å². The van der Waals surface area contributed by atoms with Crippen molar-refractivity contribution in [3.05, 3.63) is 29.8 Å².